The van der Waals surface area contributed by atoms with Crippen LogP contribution in [0.3, 0.4) is 0 Å². The van der Waals surface area contributed by atoms with Crippen LogP contribution in [0.1, 0.15) is 32.0 Å². The van der Waals surface area contributed by atoms with Crippen LogP contribution >= 0.6 is 0 Å². The summed E-state index contributed by atoms with van der Waals surface area (Å²) in [5, 5.41) is 7.95. The second kappa shape index (κ2) is 2.84. The van der Waals surface area contributed by atoms with E-state index in [0.29, 0.717) is 0 Å². The number of nitrogens with one attached hydrogen (secondary N) is 1. The van der Waals surface area contributed by atoms with Crippen molar-refractivity contribution in [2.75, 3.05) is 6.54 Å². The van der Waals surface area contributed by atoms with Crippen molar-refractivity contribution in [3.05, 3.63) is 17.5 Å². The van der Waals surface area contributed by atoms with Crippen LogP contribution in [0, 0.1) is 0 Å². The number of rotatable bonds is 0. The van der Waals surface area contributed by atoms with E-state index in [0.717, 1.165) is 19.5 Å². The third-order valence-corrected chi connectivity index (χ3v) is 2.42. The summed E-state index contributed by atoms with van der Waals surface area (Å²) in [6.07, 6.45) is 3.24. The smallest absolute Gasteiger partial charge is 0.0682 e. The zero-order chi connectivity index (χ0) is 9.47. The number of hydrogen-bond acceptors (Lipinski definition) is 2. The zero-order valence-corrected chi connectivity index (χ0v) is 8.59. The van der Waals surface area contributed by atoms with Crippen molar-refractivity contribution in [1.29, 1.82) is 0 Å². The van der Waals surface area contributed by atoms with Gasteiger partial charge >= 0.3 is 0 Å². The third kappa shape index (κ3) is 1.61. The maximum atomic E-state index is 4.60. The highest BCUT2D eigenvalue weighted by molar-refractivity contribution is 5.20. The van der Waals surface area contributed by atoms with Gasteiger partial charge in [0.15, 0.2) is 0 Å². The standard InChI is InChI=1S/C10H17N3/c1-10(2,3)13-7-8-6-11-5-4-9(8)12-13/h7,11H,4-6H2,1-3H3. The van der Waals surface area contributed by atoms with Gasteiger partial charge in [0.05, 0.1) is 11.2 Å². The summed E-state index contributed by atoms with van der Waals surface area (Å²) < 4.78 is 2.07. The van der Waals surface area contributed by atoms with Crippen molar-refractivity contribution in [2.45, 2.75) is 39.3 Å². The highest BCUT2D eigenvalue weighted by atomic mass is 15.3. The molecule has 0 saturated carbocycles. The van der Waals surface area contributed by atoms with Crippen LogP contribution in [0.15, 0.2) is 6.20 Å². The minimum Gasteiger partial charge on any atom is -0.312 e. The molecule has 1 aliphatic heterocycles. The highest BCUT2D eigenvalue weighted by Gasteiger charge is 2.19. The van der Waals surface area contributed by atoms with Crippen molar-refractivity contribution < 1.29 is 0 Å². The second-order valence-electron chi connectivity index (χ2n) is 4.64. The Labute approximate surface area is 79.1 Å². The van der Waals surface area contributed by atoms with Crippen LogP contribution < -0.4 is 5.32 Å². The average Bonchev–Trinajstić information content (AvgIpc) is 2.45. The lowest BCUT2D eigenvalue weighted by Crippen LogP contribution is -2.23. The number of nitrogens with zero attached hydrogens (tertiary/aromatic N) is 2. The van der Waals surface area contributed by atoms with Crippen molar-refractivity contribution in [1.82, 2.24) is 15.1 Å². The predicted octanol–water partition coefficient (Wildman–Crippen LogP) is 1.28. The lowest BCUT2D eigenvalue weighted by atomic mass is 10.1. The molecule has 1 N–H and O–H groups in total. The first-order valence-electron chi connectivity index (χ1n) is 4.86. The van der Waals surface area contributed by atoms with E-state index in [9.17, 15) is 0 Å². The second-order valence-corrected chi connectivity index (χ2v) is 4.64. The summed E-state index contributed by atoms with van der Waals surface area (Å²) in [5.41, 5.74) is 2.74. The van der Waals surface area contributed by atoms with E-state index in [1.165, 1.54) is 11.3 Å². The van der Waals surface area contributed by atoms with E-state index >= 15 is 0 Å². The van der Waals surface area contributed by atoms with Crippen LogP contribution in [-0.2, 0) is 18.5 Å². The Hall–Kier alpha value is -0.830. The molecule has 0 aliphatic carbocycles. The minimum absolute atomic E-state index is 0.108. The third-order valence-electron chi connectivity index (χ3n) is 2.42. The maximum absolute atomic E-state index is 4.60. The molecule has 0 unspecified atom stereocenters. The molecule has 0 aromatic carbocycles. The Bertz CT molecular complexity index is 283. The molecule has 3 heteroatoms. The van der Waals surface area contributed by atoms with Gasteiger partial charge in [-0.05, 0) is 20.8 Å². The molecule has 0 amide bonds. The molecule has 1 aromatic rings. The Morgan fingerprint density at radius 3 is 2.85 bits per heavy atom. The molecule has 1 aromatic heterocycles. The normalized spacial score (nSPS) is 17.2. The van der Waals surface area contributed by atoms with Crippen molar-refractivity contribution in [2.24, 2.45) is 0 Å². The van der Waals surface area contributed by atoms with E-state index in [-0.39, 0.29) is 5.54 Å². The lowest BCUT2D eigenvalue weighted by molar-refractivity contribution is 0.353. The first-order valence-corrected chi connectivity index (χ1v) is 4.86. The van der Waals surface area contributed by atoms with E-state index in [2.05, 4.69) is 42.1 Å². The van der Waals surface area contributed by atoms with E-state index < -0.39 is 0 Å². The lowest BCUT2D eigenvalue weighted by Gasteiger charge is -2.18. The molecule has 72 valence electrons. The fraction of sp³-hybridized carbons (Fsp3) is 0.700. The van der Waals surface area contributed by atoms with Crippen LogP contribution in [-0.4, -0.2) is 16.3 Å². The molecule has 2 heterocycles. The molecular weight excluding hydrogens is 162 g/mol. The van der Waals surface area contributed by atoms with E-state index in [1.807, 2.05) is 0 Å². The molecular formula is C10H17N3. The van der Waals surface area contributed by atoms with Gasteiger partial charge in [-0.3, -0.25) is 4.68 Å². The van der Waals surface area contributed by atoms with Crippen LogP contribution in [0.2, 0.25) is 0 Å². The van der Waals surface area contributed by atoms with Gasteiger partial charge in [-0.15, -0.1) is 0 Å². The van der Waals surface area contributed by atoms with Gasteiger partial charge in [0.1, 0.15) is 0 Å². The van der Waals surface area contributed by atoms with Gasteiger partial charge < -0.3 is 5.32 Å². The first-order chi connectivity index (χ1) is 6.07. The summed E-state index contributed by atoms with van der Waals surface area (Å²) in [6.45, 7) is 8.58. The van der Waals surface area contributed by atoms with Crippen molar-refractivity contribution >= 4 is 0 Å². The first kappa shape index (κ1) is 8.75. The van der Waals surface area contributed by atoms with Gasteiger partial charge in [0.2, 0.25) is 0 Å². The number of aromatic nitrogens is 2. The minimum atomic E-state index is 0.108. The molecule has 0 atom stereocenters. The largest absolute Gasteiger partial charge is 0.312 e. The van der Waals surface area contributed by atoms with Crippen molar-refractivity contribution in [3.8, 4) is 0 Å². The fourth-order valence-corrected chi connectivity index (χ4v) is 1.58. The topological polar surface area (TPSA) is 29.9 Å². The van der Waals surface area contributed by atoms with Gasteiger partial charge in [0, 0.05) is 31.3 Å². The summed E-state index contributed by atoms with van der Waals surface area (Å²) in [6, 6.07) is 0. The quantitative estimate of drug-likeness (QED) is 0.650. The summed E-state index contributed by atoms with van der Waals surface area (Å²) in [4.78, 5) is 0. The molecule has 0 fully saturated rings. The van der Waals surface area contributed by atoms with E-state index in [1.54, 1.807) is 0 Å². The molecule has 0 spiro atoms. The van der Waals surface area contributed by atoms with E-state index in [4.69, 9.17) is 0 Å². The van der Waals surface area contributed by atoms with Gasteiger partial charge in [-0.25, -0.2) is 0 Å². The van der Waals surface area contributed by atoms with Crippen molar-refractivity contribution in [3.63, 3.8) is 0 Å². The van der Waals surface area contributed by atoms with Crippen LogP contribution in [0.5, 0.6) is 0 Å². The zero-order valence-electron chi connectivity index (χ0n) is 8.59. The predicted molar refractivity (Wildman–Crippen MR) is 52.6 cm³/mol. The Morgan fingerprint density at radius 1 is 1.46 bits per heavy atom. The van der Waals surface area contributed by atoms with Crippen LogP contribution in [0.25, 0.3) is 0 Å². The molecule has 2 rings (SSSR count). The highest BCUT2D eigenvalue weighted by Crippen LogP contribution is 2.18. The maximum Gasteiger partial charge on any atom is 0.0682 e. The molecule has 13 heavy (non-hydrogen) atoms. The fourth-order valence-electron chi connectivity index (χ4n) is 1.58. The summed E-state index contributed by atoms with van der Waals surface area (Å²) in [7, 11) is 0. The summed E-state index contributed by atoms with van der Waals surface area (Å²) >= 11 is 0. The molecule has 0 bridgehead atoms. The molecule has 0 radical (unpaired) electrons. The SMILES string of the molecule is CC(C)(C)n1cc2c(n1)CCNC2. The van der Waals surface area contributed by atoms with Crippen LogP contribution in [0.4, 0.5) is 0 Å². The van der Waals surface area contributed by atoms with Gasteiger partial charge in [0.25, 0.3) is 0 Å². The molecule has 3 nitrogen and oxygen atoms in total. The number of hydrogen-bond donors (Lipinski definition) is 1. The molecule has 1 aliphatic rings. The Balaban J connectivity index is 2.36. The number of fused-ring (bicyclic) bond motifs is 1. The molecule has 0 saturated heterocycles. The van der Waals surface area contributed by atoms with Gasteiger partial charge in [-0.2, -0.15) is 5.10 Å². The monoisotopic (exact) mass is 179 g/mol. The Kier molecular flexibility index (Phi) is 1.91. The summed E-state index contributed by atoms with van der Waals surface area (Å²) in [5.74, 6) is 0. The average molecular weight is 179 g/mol. The van der Waals surface area contributed by atoms with Gasteiger partial charge in [-0.1, -0.05) is 0 Å². The Morgan fingerprint density at radius 2 is 2.23 bits per heavy atom.